The first-order valence-electron chi connectivity index (χ1n) is 5.54. The number of carbonyl (C=O) groups excluding carboxylic acids is 2. The molecule has 0 saturated carbocycles. The van der Waals surface area contributed by atoms with Crippen LogP contribution in [0.15, 0.2) is 0 Å². The average molecular weight is 208 g/mol. The first-order chi connectivity index (χ1) is 7.09. The molecule has 0 fully saturated rings. The van der Waals surface area contributed by atoms with Gasteiger partial charge in [0.25, 0.3) is 0 Å². The summed E-state index contributed by atoms with van der Waals surface area (Å²) in [5.41, 5.74) is 0. The van der Waals surface area contributed by atoms with Gasteiger partial charge < -0.3 is 0 Å². The Morgan fingerprint density at radius 1 is 1.07 bits per heavy atom. The molecule has 2 heteroatoms. The number of unbranched alkanes of at least 4 members (excludes halogenated alkanes) is 4. The lowest BCUT2D eigenvalue weighted by Crippen LogP contribution is -2.19. The molecule has 0 aliphatic heterocycles. The Kier molecular flexibility index (Phi) is 7.62. The Labute approximate surface area is 92.4 Å². The van der Waals surface area contributed by atoms with Crippen LogP contribution >= 0.6 is 0 Å². The minimum absolute atomic E-state index is 0.00822. The Morgan fingerprint density at radius 2 is 1.60 bits per heavy atom. The van der Waals surface area contributed by atoms with Crippen molar-refractivity contribution in [2.45, 2.75) is 52.4 Å². The third-order valence-corrected chi connectivity index (χ3v) is 2.55. The van der Waals surface area contributed by atoms with Crippen LogP contribution in [-0.2, 0) is 9.59 Å². The Morgan fingerprint density at radius 3 is 2.07 bits per heavy atom. The summed E-state index contributed by atoms with van der Waals surface area (Å²) >= 11 is 0. The van der Waals surface area contributed by atoms with E-state index < -0.39 is 0 Å². The number of hydrogen-bond acceptors (Lipinski definition) is 2. The summed E-state index contributed by atoms with van der Waals surface area (Å²) < 4.78 is 0. The highest BCUT2D eigenvalue weighted by Gasteiger charge is 2.18. The Balaban J connectivity index is 3.60. The molecule has 0 aliphatic rings. The largest absolute Gasteiger partial charge is 0.299 e. The van der Waals surface area contributed by atoms with Crippen LogP contribution in [0.25, 0.3) is 0 Å². The van der Waals surface area contributed by atoms with Crippen LogP contribution in [0.2, 0.25) is 0 Å². The van der Waals surface area contributed by atoms with Crippen LogP contribution < -0.4 is 0 Å². The van der Waals surface area contributed by atoms with E-state index in [9.17, 15) is 9.59 Å². The van der Waals surface area contributed by atoms with Crippen LogP contribution in [-0.4, -0.2) is 11.6 Å². The van der Waals surface area contributed by atoms with E-state index >= 15 is 0 Å². The lowest BCUT2D eigenvalue weighted by atomic mass is 9.94. The second-order valence-electron chi connectivity index (χ2n) is 3.93. The molecule has 0 bridgehead atoms. The number of terminal acetylenes is 1. The number of hydrogen-bond donors (Lipinski definition) is 0. The van der Waals surface area contributed by atoms with E-state index in [2.05, 4.69) is 5.92 Å². The van der Waals surface area contributed by atoms with E-state index in [0.717, 1.165) is 32.1 Å². The first-order valence-corrected chi connectivity index (χ1v) is 5.54. The predicted octanol–water partition coefficient (Wildman–Crippen LogP) is 2.75. The smallest absolute Gasteiger partial charge is 0.140 e. The maximum Gasteiger partial charge on any atom is 0.140 e. The fourth-order valence-corrected chi connectivity index (χ4v) is 1.62. The second kappa shape index (κ2) is 8.23. The monoisotopic (exact) mass is 208 g/mol. The van der Waals surface area contributed by atoms with Crippen molar-refractivity contribution in [2.75, 3.05) is 0 Å². The lowest BCUT2D eigenvalue weighted by Gasteiger charge is -2.09. The molecule has 15 heavy (non-hydrogen) atoms. The molecule has 0 unspecified atom stereocenters. The minimum atomic E-state index is -0.377. The number of rotatable bonds is 8. The number of Topliss-reactive ketones (excluding diaryl/α,β-unsaturated/α-hetero) is 2. The van der Waals surface area contributed by atoms with Gasteiger partial charge in [0.2, 0.25) is 0 Å². The summed E-state index contributed by atoms with van der Waals surface area (Å²) in [7, 11) is 0. The van der Waals surface area contributed by atoms with E-state index in [-0.39, 0.29) is 17.5 Å². The average Bonchev–Trinajstić information content (AvgIpc) is 2.15. The zero-order chi connectivity index (χ0) is 11.7. The fourth-order valence-electron chi connectivity index (χ4n) is 1.62. The molecule has 0 amide bonds. The molecular weight excluding hydrogens is 188 g/mol. The van der Waals surface area contributed by atoms with Gasteiger partial charge in [0.15, 0.2) is 0 Å². The van der Waals surface area contributed by atoms with Gasteiger partial charge in [-0.2, -0.15) is 0 Å². The van der Waals surface area contributed by atoms with E-state index in [1.807, 2.05) is 0 Å². The highest BCUT2D eigenvalue weighted by Crippen LogP contribution is 2.13. The van der Waals surface area contributed by atoms with Crippen molar-refractivity contribution >= 4 is 11.6 Å². The van der Waals surface area contributed by atoms with Crippen molar-refractivity contribution in [1.29, 1.82) is 0 Å². The summed E-state index contributed by atoms with van der Waals surface area (Å²) in [6.45, 7) is 2.98. The summed E-state index contributed by atoms with van der Waals surface area (Å²) in [6, 6.07) is 0. The molecule has 0 atom stereocenters. The van der Waals surface area contributed by atoms with Crippen LogP contribution in [0.3, 0.4) is 0 Å². The summed E-state index contributed by atoms with van der Waals surface area (Å²) in [5, 5.41) is 0. The SMILES string of the molecule is C#CCCCCCCC(C(C)=O)C(C)=O. The van der Waals surface area contributed by atoms with Gasteiger partial charge in [-0.05, 0) is 26.7 Å². The molecule has 0 saturated heterocycles. The van der Waals surface area contributed by atoms with Gasteiger partial charge in [-0.1, -0.05) is 19.3 Å². The maximum atomic E-state index is 11.1. The second-order valence-corrected chi connectivity index (χ2v) is 3.93. The van der Waals surface area contributed by atoms with Gasteiger partial charge in [-0.25, -0.2) is 0 Å². The Bertz CT molecular complexity index is 234. The van der Waals surface area contributed by atoms with Crippen LogP contribution in [0, 0.1) is 18.3 Å². The van der Waals surface area contributed by atoms with Crippen molar-refractivity contribution in [3.8, 4) is 12.3 Å². The fraction of sp³-hybridized carbons (Fsp3) is 0.692. The molecule has 84 valence electrons. The van der Waals surface area contributed by atoms with Gasteiger partial charge >= 0.3 is 0 Å². The third kappa shape index (κ3) is 6.90. The van der Waals surface area contributed by atoms with Crippen LogP contribution in [0.4, 0.5) is 0 Å². The molecule has 0 aromatic rings. The zero-order valence-corrected chi connectivity index (χ0v) is 9.71. The standard InChI is InChI=1S/C13H20O2/c1-4-5-6-7-8-9-10-13(11(2)14)12(3)15/h1,13H,5-10H2,2-3H3. The molecule has 0 aromatic carbocycles. The summed E-state index contributed by atoms with van der Waals surface area (Å²) in [4.78, 5) is 22.2. The van der Waals surface area contributed by atoms with E-state index in [0.29, 0.717) is 6.42 Å². The normalized spacial score (nSPS) is 10.0. The van der Waals surface area contributed by atoms with Gasteiger partial charge in [0, 0.05) is 6.42 Å². The highest BCUT2D eigenvalue weighted by atomic mass is 16.1. The molecule has 0 rings (SSSR count). The lowest BCUT2D eigenvalue weighted by molar-refractivity contribution is -0.130. The molecular formula is C13H20O2. The molecule has 0 radical (unpaired) electrons. The van der Waals surface area contributed by atoms with Crippen molar-refractivity contribution in [2.24, 2.45) is 5.92 Å². The molecule has 0 heterocycles. The topological polar surface area (TPSA) is 34.1 Å². The molecule has 0 N–H and O–H groups in total. The van der Waals surface area contributed by atoms with Gasteiger partial charge in [0.1, 0.15) is 11.6 Å². The van der Waals surface area contributed by atoms with Crippen molar-refractivity contribution in [3.05, 3.63) is 0 Å². The predicted molar refractivity (Wildman–Crippen MR) is 61.4 cm³/mol. The van der Waals surface area contributed by atoms with Gasteiger partial charge in [-0.3, -0.25) is 9.59 Å². The van der Waals surface area contributed by atoms with Crippen LogP contribution in [0.1, 0.15) is 52.4 Å². The third-order valence-electron chi connectivity index (χ3n) is 2.55. The van der Waals surface area contributed by atoms with E-state index in [1.54, 1.807) is 0 Å². The van der Waals surface area contributed by atoms with Gasteiger partial charge in [0.05, 0.1) is 5.92 Å². The van der Waals surface area contributed by atoms with E-state index in [4.69, 9.17) is 6.42 Å². The minimum Gasteiger partial charge on any atom is -0.299 e. The maximum absolute atomic E-state index is 11.1. The van der Waals surface area contributed by atoms with E-state index in [1.165, 1.54) is 13.8 Å². The number of carbonyl (C=O) groups is 2. The summed E-state index contributed by atoms with van der Waals surface area (Å²) in [5.74, 6) is 2.20. The van der Waals surface area contributed by atoms with Gasteiger partial charge in [-0.15, -0.1) is 12.3 Å². The van der Waals surface area contributed by atoms with Crippen molar-refractivity contribution in [3.63, 3.8) is 0 Å². The van der Waals surface area contributed by atoms with Crippen LogP contribution in [0.5, 0.6) is 0 Å². The van der Waals surface area contributed by atoms with Crippen molar-refractivity contribution < 1.29 is 9.59 Å². The van der Waals surface area contributed by atoms with Crippen molar-refractivity contribution in [1.82, 2.24) is 0 Å². The Hall–Kier alpha value is -1.10. The summed E-state index contributed by atoms with van der Waals surface area (Å²) in [6.07, 6.45) is 10.8. The first kappa shape index (κ1) is 13.9. The molecule has 0 aromatic heterocycles. The molecule has 2 nitrogen and oxygen atoms in total. The number of ketones is 2. The molecule has 0 aliphatic carbocycles. The molecule has 0 spiro atoms. The highest BCUT2D eigenvalue weighted by molar-refractivity contribution is 6.00. The zero-order valence-electron chi connectivity index (χ0n) is 9.71. The quantitative estimate of drug-likeness (QED) is 0.349.